The van der Waals surface area contributed by atoms with Crippen molar-refractivity contribution < 1.29 is 4.79 Å². The summed E-state index contributed by atoms with van der Waals surface area (Å²) < 4.78 is 0. The number of hydrogen-bond donors (Lipinski definition) is 3. The standard InChI is InChI=1S/C14H15N3O/c1-9-5-7-10(8-6-9)17-13-11(14(16)18)3-2-4-12(13)15/h2-8,17H,15H2,1H3,(H2,16,18). The molecule has 0 saturated heterocycles. The van der Waals surface area contributed by atoms with E-state index in [4.69, 9.17) is 11.5 Å². The van der Waals surface area contributed by atoms with Crippen LogP contribution in [0.2, 0.25) is 0 Å². The molecule has 5 N–H and O–H groups in total. The van der Waals surface area contributed by atoms with Gasteiger partial charge in [0.2, 0.25) is 0 Å². The van der Waals surface area contributed by atoms with Gasteiger partial charge in [-0.1, -0.05) is 23.8 Å². The number of amides is 1. The maximum Gasteiger partial charge on any atom is 0.250 e. The molecule has 18 heavy (non-hydrogen) atoms. The number of para-hydroxylation sites is 1. The predicted molar refractivity (Wildman–Crippen MR) is 73.8 cm³/mol. The number of nitrogen functional groups attached to an aromatic ring is 1. The van der Waals surface area contributed by atoms with Crippen molar-refractivity contribution in [2.24, 2.45) is 5.73 Å². The lowest BCUT2D eigenvalue weighted by Crippen LogP contribution is -2.14. The number of aryl methyl sites for hydroxylation is 1. The lowest BCUT2D eigenvalue weighted by molar-refractivity contribution is 0.100. The van der Waals surface area contributed by atoms with Gasteiger partial charge in [-0.15, -0.1) is 0 Å². The van der Waals surface area contributed by atoms with E-state index in [2.05, 4.69) is 5.32 Å². The van der Waals surface area contributed by atoms with Gasteiger partial charge >= 0.3 is 0 Å². The van der Waals surface area contributed by atoms with Crippen LogP contribution < -0.4 is 16.8 Å². The maximum atomic E-state index is 11.3. The van der Waals surface area contributed by atoms with Crippen LogP contribution in [0.25, 0.3) is 0 Å². The molecule has 0 aliphatic heterocycles. The Balaban J connectivity index is 2.39. The first kappa shape index (κ1) is 12.0. The number of primary amides is 1. The Morgan fingerprint density at radius 2 is 1.78 bits per heavy atom. The molecule has 2 aromatic carbocycles. The average Bonchev–Trinajstić information content (AvgIpc) is 2.34. The number of nitrogens with two attached hydrogens (primary N) is 2. The minimum atomic E-state index is -0.503. The van der Waals surface area contributed by atoms with Gasteiger partial charge in [-0.3, -0.25) is 4.79 Å². The molecule has 4 heteroatoms. The SMILES string of the molecule is Cc1ccc(Nc2c(N)cccc2C(N)=O)cc1. The van der Waals surface area contributed by atoms with Crippen molar-refractivity contribution in [3.63, 3.8) is 0 Å². The summed E-state index contributed by atoms with van der Waals surface area (Å²) in [7, 11) is 0. The number of nitrogens with one attached hydrogen (secondary N) is 1. The summed E-state index contributed by atoms with van der Waals surface area (Å²) in [5, 5.41) is 3.12. The second-order valence-electron chi connectivity index (χ2n) is 4.13. The number of anilines is 3. The lowest BCUT2D eigenvalue weighted by atomic mass is 10.1. The van der Waals surface area contributed by atoms with Crippen molar-refractivity contribution >= 4 is 23.0 Å². The van der Waals surface area contributed by atoms with E-state index in [1.807, 2.05) is 31.2 Å². The van der Waals surface area contributed by atoms with Gasteiger partial charge in [0, 0.05) is 5.69 Å². The number of carbonyl (C=O) groups is 1. The van der Waals surface area contributed by atoms with Crippen molar-refractivity contribution in [1.29, 1.82) is 0 Å². The Morgan fingerprint density at radius 3 is 2.39 bits per heavy atom. The van der Waals surface area contributed by atoms with E-state index in [1.54, 1.807) is 18.2 Å². The molecule has 0 atom stereocenters. The van der Waals surface area contributed by atoms with Crippen molar-refractivity contribution in [3.05, 3.63) is 53.6 Å². The molecule has 2 rings (SSSR count). The smallest absolute Gasteiger partial charge is 0.250 e. The zero-order valence-corrected chi connectivity index (χ0v) is 10.1. The molecule has 0 aliphatic carbocycles. The Morgan fingerprint density at radius 1 is 1.11 bits per heavy atom. The van der Waals surface area contributed by atoms with E-state index in [0.29, 0.717) is 16.9 Å². The minimum Gasteiger partial charge on any atom is -0.397 e. The van der Waals surface area contributed by atoms with Gasteiger partial charge in [0.05, 0.1) is 16.9 Å². The van der Waals surface area contributed by atoms with Crippen molar-refractivity contribution in [1.82, 2.24) is 0 Å². The summed E-state index contributed by atoms with van der Waals surface area (Å²) in [6.45, 7) is 2.01. The van der Waals surface area contributed by atoms with Crippen LogP contribution in [0.1, 0.15) is 15.9 Å². The van der Waals surface area contributed by atoms with Gasteiger partial charge in [-0.2, -0.15) is 0 Å². The average molecular weight is 241 g/mol. The molecule has 0 fully saturated rings. The Labute approximate surface area is 106 Å². The number of rotatable bonds is 3. The molecular formula is C14H15N3O. The third-order valence-corrected chi connectivity index (χ3v) is 2.68. The molecule has 0 spiro atoms. The van der Waals surface area contributed by atoms with Crippen LogP contribution in [-0.4, -0.2) is 5.91 Å². The van der Waals surface area contributed by atoms with E-state index in [9.17, 15) is 4.79 Å². The van der Waals surface area contributed by atoms with E-state index in [-0.39, 0.29) is 0 Å². The Bertz CT molecular complexity index is 576. The highest BCUT2D eigenvalue weighted by Crippen LogP contribution is 2.27. The second-order valence-corrected chi connectivity index (χ2v) is 4.13. The molecule has 0 aromatic heterocycles. The molecule has 4 nitrogen and oxygen atoms in total. The van der Waals surface area contributed by atoms with Crippen LogP contribution in [0.3, 0.4) is 0 Å². The van der Waals surface area contributed by atoms with Gasteiger partial charge in [0.25, 0.3) is 5.91 Å². The topological polar surface area (TPSA) is 81.1 Å². The first-order valence-corrected chi connectivity index (χ1v) is 5.60. The highest BCUT2D eigenvalue weighted by molar-refractivity contribution is 6.02. The van der Waals surface area contributed by atoms with E-state index in [0.717, 1.165) is 11.3 Å². The van der Waals surface area contributed by atoms with Crippen molar-refractivity contribution in [2.75, 3.05) is 11.1 Å². The van der Waals surface area contributed by atoms with Crippen LogP contribution in [0, 0.1) is 6.92 Å². The van der Waals surface area contributed by atoms with Crippen LogP contribution in [0.15, 0.2) is 42.5 Å². The molecule has 0 unspecified atom stereocenters. The molecule has 0 aliphatic rings. The fourth-order valence-electron chi connectivity index (χ4n) is 1.70. The zero-order chi connectivity index (χ0) is 13.1. The first-order valence-electron chi connectivity index (χ1n) is 5.60. The Kier molecular flexibility index (Phi) is 3.19. The molecule has 0 bridgehead atoms. The summed E-state index contributed by atoms with van der Waals surface area (Å²) in [6.07, 6.45) is 0. The largest absolute Gasteiger partial charge is 0.397 e. The number of benzene rings is 2. The molecule has 92 valence electrons. The molecular weight excluding hydrogens is 226 g/mol. The van der Waals surface area contributed by atoms with Gasteiger partial charge in [-0.25, -0.2) is 0 Å². The van der Waals surface area contributed by atoms with Gasteiger partial charge in [0.1, 0.15) is 0 Å². The molecule has 2 aromatic rings. The third-order valence-electron chi connectivity index (χ3n) is 2.68. The normalized spacial score (nSPS) is 10.1. The molecule has 0 heterocycles. The predicted octanol–water partition coefficient (Wildman–Crippen LogP) is 2.42. The van der Waals surface area contributed by atoms with Gasteiger partial charge < -0.3 is 16.8 Å². The monoisotopic (exact) mass is 241 g/mol. The quantitative estimate of drug-likeness (QED) is 0.722. The summed E-state index contributed by atoms with van der Waals surface area (Å²) in [4.78, 5) is 11.3. The lowest BCUT2D eigenvalue weighted by Gasteiger charge is -2.12. The minimum absolute atomic E-state index is 0.385. The van der Waals surface area contributed by atoms with Crippen LogP contribution in [0.4, 0.5) is 17.1 Å². The first-order chi connectivity index (χ1) is 8.58. The van der Waals surface area contributed by atoms with Gasteiger partial charge in [-0.05, 0) is 31.2 Å². The second kappa shape index (κ2) is 4.79. The van der Waals surface area contributed by atoms with Crippen LogP contribution in [-0.2, 0) is 0 Å². The summed E-state index contributed by atoms with van der Waals surface area (Å²) in [5.74, 6) is -0.503. The fraction of sp³-hybridized carbons (Fsp3) is 0.0714. The molecule has 0 radical (unpaired) electrons. The third kappa shape index (κ3) is 2.43. The Hall–Kier alpha value is -2.49. The van der Waals surface area contributed by atoms with Crippen LogP contribution >= 0.6 is 0 Å². The summed E-state index contributed by atoms with van der Waals surface area (Å²) in [5.41, 5.74) is 14.6. The van der Waals surface area contributed by atoms with E-state index in [1.165, 1.54) is 0 Å². The van der Waals surface area contributed by atoms with E-state index < -0.39 is 5.91 Å². The van der Waals surface area contributed by atoms with Crippen LogP contribution in [0.5, 0.6) is 0 Å². The summed E-state index contributed by atoms with van der Waals surface area (Å²) in [6, 6.07) is 12.9. The van der Waals surface area contributed by atoms with E-state index >= 15 is 0 Å². The summed E-state index contributed by atoms with van der Waals surface area (Å²) >= 11 is 0. The zero-order valence-electron chi connectivity index (χ0n) is 10.1. The maximum absolute atomic E-state index is 11.3. The van der Waals surface area contributed by atoms with Gasteiger partial charge in [0.15, 0.2) is 0 Å². The highest BCUT2D eigenvalue weighted by atomic mass is 16.1. The fourth-order valence-corrected chi connectivity index (χ4v) is 1.70. The number of hydrogen-bond acceptors (Lipinski definition) is 3. The number of carbonyl (C=O) groups excluding carboxylic acids is 1. The molecule has 1 amide bonds. The van der Waals surface area contributed by atoms with Crippen molar-refractivity contribution in [2.45, 2.75) is 6.92 Å². The molecule has 0 saturated carbocycles. The van der Waals surface area contributed by atoms with Crippen molar-refractivity contribution in [3.8, 4) is 0 Å². The highest BCUT2D eigenvalue weighted by Gasteiger charge is 2.10.